The Morgan fingerprint density at radius 1 is 1.03 bits per heavy atom. The Labute approximate surface area is 173 Å². The molecule has 3 aromatic rings. The average Bonchev–Trinajstić information content (AvgIpc) is 2.71. The summed E-state index contributed by atoms with van der Waals surface area (Å²) in [5, 5.41) is 5.10. The third kappa shape index (κ3) is 5.76. The van der Waals surface area contributed by atoms with Gasteiger partial charge in [0.05, 0.1) is 4.90 Å². The van der Waals surface area contributed by atoms with Gasteiger partial charge in [0.2, 0.25) is 10.0 Å². The number of rotatable bonds is 9. The number of aromatic nitrogens is 1. The first-order valence-electron chi connectivity index (χ1n) is 9.68. The monoisotopic (exact) mass is 412 g/mol. The maximum Gasteiger partial charge on any atom is 0.240 e. The fraction of sp³-hybridized carbons (Fsp3) is 0.318. The van der Waals surface area contributed by atoms with Crippen molar-refractivity contribution >= 4 is 26.5 Å². The van der Waals surface area contributed by atoms with Crippen LogP contribution in [-0.4, -0.2) is 46.6 Å². The second-order valence-electron chi connectivity index (χ2n) is 7.42. The highest BCUT2D eigenvalue weighted by atomic mass is 32.2. The van der Waals surface area contributed by atoms with Crippen molar-refractivity contribution < 1.29 is 8.42 Å². The molecular weight excluding hydrogens is 384 g/mol. The Morgan fingerprint density at radius 2 is 1.79 bits per heavy atom. The average molecular weight is 413 g/mol. The number of fused-ring (bicyclic) bond motifs is 1. The first kappa shape index (κ1) is 21.2. The number of sulfonamides is 1. The molecule has 0 aliphatic heterocycles. The van der Waals surface area contributed by atoms with Crippen LogP contribution in [0.25, 0.3) is 10.8 Å². The molecule has 29 heavy (non-hydrogen) atoms. The normalized spacial score (nSPS) is 12.8. The van der Waals surface area contributed by atoms with E-state index in [2.05, 4.69) is 44.2 Å². The van der Waals surface area contributed by atoms with E-state index in [0.717, 1.165) is 23.7 Å². The summed E-state index contributed by atoms with van der Waals surface area (Å²) < 4.78 is 28.1. The van der Waals surface area contributed by atoms with E-state index in [-0.39, 0.29) is 10.9 Å². The molecule has 3 rings (SSSR count). The summed E-state index contributed by atoms with van der Waals surface area (Å²) in [4.78, 5) is 6.39. The summed E-state index contributed by atoms with van der Waals surface area (Å²) in [7, 11) is 0.476. The summed E-state index contributed by atoms with van der Waals surface area (Å²) >= 11 is 0. The standard InChI is InChI=1S/C22H28N4O2S/c1-17(15-23-12-10-18-4-7-21(8-5-18)26(2)3)25-29(27,28)22-9-6-20-16-24-13-11-19(20)14-22/h4-9,11,13-14,16-17,23,25H,10,12,15H2,1-3H3. The van der Waals surface area contributed by atoms with Gasteiger partial charge in [-0.1, -0.05) is 18.2 Å². The van der Waals surface area contributed by atoms with Crippen LogP contribution in [0.15, 0.2) is 65.8 Å². The second-order valence-corrected chi connectivity index (χ2v) is 9.14. The molecule has 1 atom stereocenters. The van der Waals surface area contributed by atoms with Crippen molar-refractivity contribution in [2.75, 3.05) is 32.1 Å². The summed E-state index contributed by atoms with van der Waals surface area (Å²) in [6.45, 7) is 3.21. The topological polar surface area (TPSA) is 74.3 Å². The van der Waals surface area contributed by atoms with Crippen molar-refractivity contribution in [2.45, 2.75) is 24.3 Å². The molecule has 0 bridgehead atoms. The molecule has 1 aromatic heterocycles. The number of anilines is 1. The highest BCUT2D eigenvalue weighted by Gasteiger charge is 2.17. The van der Waals surface area contributed by atoms with Gasteiger partial charge in [-0.3, -0.25) is 4.98 Å². The molecule has 7 heteroatoms. The van der Waals surface area contributed by atoms with Crippen LogP contribution in [0.2, 0.25) is 0 Å². The molecular formula is C22H28N4O2S. The lowest BCUT2D eigenvalue weighted by atomic mass is 10.1. The molecule has 0 aliphatic rings. The van der Waals surface area contributed by atoms with Crippen molar-refractivity contribution in [1.82, 2.24) is 15.0 Å². The molecule has 6 nitrogen and oxygen atoms in total. The molecule has 1 heterocycles. The van der Waals surface area contributed by atoms with Crippen molar-refractivity contribution in [3.8, 4) is 0 Å². The van der Waals surface area contributed by atoms with E-state index < -0.39 is 10.0 Å². The van der Waals surface area contributed by atoms with Gasteiger partial charge in [-0.15, -0.1) is 0 Å². The molecule has 0 spiro atoms. The lowest BCUT2D eigenvalue weighted by Crippen LogP contribution is -2.40. The molecule has 2 aromatic carbocycles. The third-order valence-electron chi connectivity index (χ3n) is 4.77. The van der Waals surface area contributed by atoms with E-state index in [1.54, 1.807) is 30.6 Å². The minimum Gasteiger partial charge on any atom is -0.378 e. The van der Waals surface area contributed by atoms with Crippen molar-refractivity contribution in [1.29, 1.82) is 0 Å². The Bertz CT molecular complexity index is 1050. The maximum absolute atomic E-state index is 12.7. The van der Waals surface area contributed by atoms with Gasteiger partial charge >= 0.3 is 0 Å². The SMILES string of the molecule is CC(CNCCc1ccc(N(C)C)cc1)NS(=O)(=O)c1ccc2cnccc2c1. The van der Waals surface area contributed by atoms with E-state index in [0.29, 0.717) is 6.54 Å². The minimum atomic E-state index is -3.57. The van der Waals surface area contributed by atoms with E-state index >= 15 is 0 Å². The largest absolute Gasteiger partial charge is 0.378 e. The molecule has 0 fully saturated rings. The number of pyridine rings is 1. The van der Waals surface area contributed by atoms with Crippen molar-refractivity contribution in [3.05, 3.63) is 66.5 Å². The van der Waals surface area contributed by atoms with Crippen LogP contribution in [0.1, 0.15) is 12.5 Å². The summed E-state index contributed by atoms with van der Waals surface area (Å²) in [6.07, 6.45) is 4.28. The Morgan fingerprint density at radius 3 is 2.52 bits per heavy atom. The van der Waals surface area contributed by atoms with Crippen LogP contribution in [0.5, 0.6) is 0 Å². The first-order valence-corrected chi connectivity index (χ1v) is 11.2. The van der Waals surface area contributed by atoms with Crippen molar-refractivity contribution in [3.63, 3.8) is 0 Å². The van der Waals surface area contributed by atoms with Crippen molar-refractivity contribution in [2.24, 2.45) is 0 Å². The smallest absolute Gasteiger partial charge is 0.240 e. The van der Waals surface area contributed by atoms with E-state index in [9.17, 15) is 8.42 Å². The van der Waals surface area contributed by atoms with Gasteiger partial charge < -0.3 is 10.2 Å². The van der Waals surface area contributed by atoms with Gasteiger partial charge in [-0.2, -0.15) is 0 Å². The Balaban J connectivity index is 1.49. The molecule has 2 N–H and O–H groups in total. The number of hydrogen-bond donors (Lipinski definition) is 2. The zero-order chi connectivity index (χ0) is 20.9. The van der Waals surface area contributed by atoms with Crippen LogP contribution in [0.3, 0.4) is 0 Å². The zero-order valence-corrected chi connectivity index (χ0v) is 17.9. The zero-order valence-electron chi connectivity index (χ0n) is 17.1. The highest BCUT2D eigenvalue weighted by molar-refractivity contribution is 7.89. The Kier molecular flexibility index (Phi) is 6.84. The van der Waals surface area contributed by atoms with Gasteiger partial charge in [0, 0.05) is 50.1 Å². The van der Waals surface area contributed by atoms with Gasteiger partial charge in [0.1, 0.15) is 0 Å². The fourth-order valence-electron chi connectivity index (χ4n) is 3.12. The summed E-state index contributed by atoms with van der Waals surface area (Å²) in [6, 6.07) is 15.1. The summed E-state index contributed by atoms with van der Waals surface area (Å²) in [5.41, 5.74) is 2.43. The van der Waals surface area contributed by atoms with E-state index in [1.165, 1.54) is 11.3 Å². The fourth-order valence-corrected chi connectivity index (χ4v) is 4.39. The van der Waals surface area contributed by atoms with Crippen LogP contribution in [-0.2, 0) is 16.4 Å². The second kappa shape index (κ2) is 9.35. The third-order valence-corrected chi connectivity index (χ3v) is 6.36. The lowest BCUT2D eigenvalue weighted by Gasteiger charge is -2.16. The lowest BCUT2D eigenvalue weighted by molar-refractivity contribution is 0.537. The quantitative estimate of drug-likeness (QED) is 0.529. The predicted octanol–water partition coefficient (Wildman–Crippen LogP) is 2.80. The van der Waals surface area contributed by atoms with Gasteiger partial charge in [-0.25, -0.2) is 13.1 Å². The number of nitrogens with zero attached hydrogens (tertiary/aromatic N) is 2. The molecule has 0 saturated heterocycles. The van der Waals surface area contributed by atoms with Crippen LogP contribution in [0, 0.1) is 0 Å². The number of nitrogens with one attached hydrogen (secondary N) is 2. The summed E-state index contributed by atoms with van der Waals surface area (Å²) in [5.74, 6) is 0. The molecule has 0 aliphatic carbocycles. The molecule has 0 amide bonds. The molecule has 0 saturated carbocycles. The minimum absolute atomic E-state index is 0.218. The van der Waals surface area contributed by atoms with Gasteiger partial charge in [0.15, 0.2) is 0 Å². The molecule has 1 unspecified atom stereocenters. The van der Waals surface area contributed by atoms with Crippen LogP contribution < -0.4 is 14.9 Å². The number of benzene rings is 2. The number of hydrogen-bond acceptors (Lipinski definition) is 5. The van der Waals surface area contributed by atoms with Crippen LogP contribution in [0.4, 0.5) is 5.69 Å². The van der Waals surface area contributed by atoms with Crippen LogP contribution >= 0.6 is 0 Å². The molecule has 0 radical (unpaired) electrons. The van der Waals surface area contributed by atoms with E-state index in [1.807, 2.05) is 27.1 Å². The van der Waals surface area contributed by atoms with E-state index in [4.69, 9.17) is 0 Å². The molecule has 154 valence electrons. The maximum atomic E-state index is 12.7. The first-order chi connectivity index (χ1) is 13.8. The highest BCUT2D eigenvalue weighted by Crippen LogP contribution is 2.18. The van der Waals surface area contributed by atoms with Gasteiger partial charge in [-0.05, 0) is 61.2 Å². The Hall–Kier alpha value is -2.48. The predicted molar refractivity (Wildman–Crippen MR) is 119 cm³/mol. The van der Waals surface area contributed by atoms with Gasteiger partial charge in [0.25, 0.3) is 0 Å².